The van der Waals surface area contributed by atoms with Crippen molar-refractivity contribution in [2.45, 2.75) is 73.5 Å². The highest BCUT2D eigenvalue weighted by Crippen LogP contribution is 2.57. The standard InChI is InChI=1S/C19H34NO9P/c1-17(2,3)16(23)25-12-27-30(24)26-11-19(7,8)14(29-30)15(22)20-10-9-13(21)28-18(4,5)6/h14H,9-12H2,1-8H3,(H,20,22)/t14-,30?/m0/s1. The van der Waals surface area contributed by atoms with Crippen LogP contribution in [0.5, 0.6) is 0 Å². The van der Waals surface area contributed by atoms with Crippen LogP contribution >= 0.6 is 7.82 Å². The number of hydrogen-bond acceptors (Lipinski definition) is 9. The van der Waals surface area contributed by atoms with E-state index in [1.54, 1.807) is 55.4 Å². The zero-order chi connectivity index (χ0) is 23.4. The summed E-state index contributed by atoms with van der Waals surface area (Å²) < 4.78 is 38.3. The van der Waals surface area contributed by atoms with Crippen molar-refractivity contribution in [2.24, 2.45) is 10.8 Å². The first-order valence-corrected chi connectivity index (χ1v) is 11.2. The monoisotopic (exact) mass is 451 g/mol. The molecule has 0 saturated carbocycles. The number of esters is 2. The first kappa shape index (κ1) is 26.6. The minimum absolute atomic E-state index is 0.0242. The summed E-state index contributed by atoms with van der Waals surface area (Å²) in [6.45, 7) is 12.9. The summed E-state index contributed by atoms with van der Waals surface area (Å²) >= 11 is 0. The summed E-state index contributed by atoms with van der Waals surface area (Å²) in [5.41, 5.74) is -2.19. The number of rotatable bonds is 7. The van der Waals surface area contributed by atoms with Crippen LogP contribution in [0.15, 0.2) is 0 Å². The number of phosphoric ester groups is 1. The molecule has 1 N–H and O–H groups in total. The summed E-state index contributed by atoms with van der Waals surface area (Å²) in [6.07, 6.45) is -1.18. The molecular formula is C19H34NO9P. The highest BCUT2D eigenvalue weighted by Gasteiger charge is 2.49. The number of phosphoric acid groups is 1. The van der Waals surface area contributed by atoms with Gasteiger partial charge >= 0.3 is 19.8 Å². The van der Waals surface area contributed by atoms with Crippen LogP contribution in [0.2, 0.25) is 0 Å². The molecule has 2 atom stereocenters. The van der Waals surface area contributed by atoms with Crippen molar-refractivity contribution in [3.63, 3.8) is 0 Å². The molecule has 0 aliphatic carbocycles. The van der Waals surface area contributed by atoms with Gasteiger partial charge in [-0.05, 0) is 41.5 Å². The van der Waals surface area contributed by atoms with Gasteiger partial charge in [-0.15, -0.1) is 0 Å². The van der Waals surface area contributed by atoms with E-state index in [1.165, 1.54) is 0 Å². The Morgan fingerprint density at radius 2 is 1.73 bits per heavy atom. The molecule has 1 aliphatic rings. The molecule has 0 spiro atoms. The maximum absolute atomic E-state index is 12.7. The van der Waals surface area contributed by atoms with Crippen molar-refractivity contribution < 1.29 is 42.0 Å². The normalized spacial score (nSPS) is 24.1. The maximum atomic E-state index is 12.7. The van der Waals surface area contributed by atoms with E-state index in [-0.39, 0.29) is 19.6 Å². The van der Waals surface area contributed by atoms with Crippen molar-refractivity contribution in [1.29, 1.82) is 0 Å². The van der Waals surface area contributed by atoms with Crippen LogP contribution in [0.1, 0.15) is 61.8 Å². The van der Waals surface area contributed by atoms with E-state index in [9.17, 15) is 18.9 Å². The van der Waals surface area contributed by atoms with Crippen LogP contribution in [-0.4, -0.2) is 49.5 Å². The molecule has 0 aromatic heterocycles. The van der Waals surface area contributed by atoms with Crippen molar-refractivity contribution in [2.75, 3.05) is 19.9 Å². The maximum Gasteiger partial charge on any atom is 0.478 e. The minimum Gasteiger partial charge on any atom is -0.460 e. The summed E-state index contributed by atoms with van der Waals surface area (Å²) in [5, 5.41) is 2.57. The van der Waals surface area contributed by atoms with Gasteiger partial charge in [-0.25, -0.2) is 9.09 Å². The highest BCUT2D eigenvalue weighted by molar-refractivity contribution is 7.48. The first-order valence-electron chi connectivity index (χ1n) is 9.69. The Bertz CT molecular complexity index is 691. The van der Waals surface area contributed by atoms with Crippen LogP contribution in [0, 0.1) is 10.8 Å². The van der Waals surface area contributed by atoms with Gasteiger partial charge in [-0.3, -0.25) is 23.4 Å². The molecule has 0 aromatic rings. The van der Waals surface area contributed by atoms with Crippen molar-refractivity contribution in [1.82, 2.24) is 5.32 Å². The van der Waals surface area contributed by atoms with Crippen LogP contribution in [0.25, 0.3) is 0 Å². The summed E-state index contributed by atoms with van der Waals surface area (Å²) in [5.74, 6) is -1.57. The smallest absolute Gasteiger partial charge is 0.460 e. The molecule has 11 heteroatoms. The minimum atomic E-state index is -4.12. The molecule has 1 aliphatic heterocycles. The van der Waals surface area contributed by atoms with Crippen LogP contribution in [0.4, 0.5) is 0 Å². The van der Waals surface area contributed by atoms with Crippen LogP contribution in [0.3, 0.4) is 0 Å². The molecule has 1 fully saturated rings. The largest absolute Gasteiger partial charge is 0.478 e. The second-order valence-electron chi connectivity index (χ2n) is 9.75. The Hall–Kier alpha value is -1.48. The predicted octanol–water partition coefficient (Wildman–Crippen LogP) is 2.95. The van der Waals surface area contributed by atoms with E-state index >= 15 is 0 Å². The summed E-state index contributed by atoms with van der Waals surface area (Å²) in [7, 11) is -4.12. The van der Waals surface area contributed by atoms with Gasteiger partial charge in [0, 0.05) is 12.0 Å². The van der Waals surface area contributed by atoms with Gasteiger partial charge in [0.25, 0.3) is 0 Å². The summed E-state index contributed by atoms with van der Waals surface area (Å²) in [6, 6.07) is 0. The number of nitrogens with one attached hydrogen (secondary N) is 1. The third-order valence-electron chi connectivity index (χ3n) is 3.84. The lowest BCUT2D eigenvalue weighted by atomic mass is 9.87. The Morgan fingerprint density at radius 3 is 2.27 bits per heavy atom. The number of ether oxygens (including phenoxy) is 2. The lowest BCUT2D eigenvalue weighted by Gasteiger charge is -2.39. The number of amides is 1. The average Bonchev–Trinajstić information content (AvgIpc) is 2.54. The Labute approximate surface area is 177 Å². The third kappa shape index (κ3) is 8.71. The first-order chi connectivity index (χ1) is 13.5. The van der Waals surface area contributed by atoms with Gasteiger partial charge in [0.15, 0.2) is 6.10 Å². The molecule has 0 aromatic carbocycles. The Balaban J connectivity index is 2.62. The second-order valence-corrected chi connectivity index (χ2v) is 11.4. The second kappa shape index (κ2) is 9.77. The Kier molecular flexibility index (Phi) is 8.64. The van der Waals surface area contributed by atoms with Gasteiger partial charge in [0.1, 0.15) is 5.60 Å². The zero-order valence-corrected chi connectivity index (χ0v) is 19.9. The average molecular weight is 451 g/mol. The Morgan fingerprint density at radius 1 is 1.13 bits per heavy atom. The van der Waals surface area contributed by atoms with E-state index in [1.807, 2.05) is 0 Å². The van der Waals surface area contributed by atoms with Gasteiger partial charge in [-0.1, -0.05) is 13.8 Å². The van der Waals surface area contributed by atoms with Crippen LogP contribution in [-0.2, 0) is 42.0 Å². The van der Waals surface area contributed by atoms with Crippen molar-refractivity contribution in [3.05, 3.63) is 0 Å². The number of hydrogen-bond donors (Lipinski definition) is 1. The third-order valence-corrected chi connectivity index (χ3v) is 5.17. The predicted molar refractivity (Wildman–Crippen MR) is 107 cm³/mol. The van der Waals surface area contributed by atoms with E-state index < -0.39 is 55.0 Å². The molecule has 1 heterocycles. The highest BCUT2D eigenvalue weighted by atomic mass is 31.2. The van der Waals surface area contributed by atoms with E-state index in [0.717, 1.165) is 0 Å². The van der Waals surface area contributed by atoms with Crippen molar-refractivity contribution >= 4 is 25.7 Å². The molecule has 30 heavy (non-hydrogen) atoms. The zero-order valence-electron chi connectivity index (χ0n) is 19.0. The molecule has 1 unspecified atom stereocenters. The van der Waals surface area contributed by atoms with E-state index in [2.05, 4.69) is 5.32 Å². The quantitative estimate of drug-likeness (QED) is 0.353. The molecule has 1 amide bonds. The molecular weight excluding hydrogens is 417 g/mol. The van der Waals surface area contributed by atoms with Crippen molar-refractivity contribution in [3.8, 4) is 0 Å². The molecule has 1 rings (SSSR count). The molecule has 174 valence electrons. The van der Waals surface area contributed by atoms with E-state index in [0.29, 0.717) is 0 Å². The molecule has 10 nitrogen and oxygen atoms in total. The van der Waals surface area contributed by atoms with Gasteiger partial charge in [0.2, 0.25) is 12.7 Å². The van der Waals surface area contributed by atoms with Gasteiger partial charge in [-0.2, -0.15) is 0 Å². The van der Waals surface area contributed by atoms with Crippen LogP contribution < -0.4 is 5.32 Å². The fraction of sp³-hybridized carbons (Fsp3) is 0.842. The fourth-order valence-electron chi connectivity index (χ4n) is 2.23. The molecule has 0 radical (unpaired) electrons. The summed E-state index contributed by atoms with van der Waals surface area (Å²) in [4.78, 5) is 36.1. The van der Waals surface area contributed by atoms with Gasteiger partial charge in [0.05, 0.1) is 18.4 Å². The van der Waals surface area contributed by atoms with Gasteiger partial charge < -0.3 is 14.8 Å². The topological polar surface area (TPSA) is 126 Å². The lowest BCUT2D eigenvalue weighted by Crippen LogP contribution is -2.50. The molecule has 0 bridgehead atoms. The van der Waals surface area contributed by atoms with E-state index in [4.69, 9.17) is 23.0 Å². The fourth-order valence-corrected chi connectivity index (χ4v) is 3.74. The number of carbonyl (C=O) groups excluding carboxylic acids is 3. The number of carbonyl (C=O) groups is 3. The SMILES string of the molecule is CC(C)(C)OC(=O)CCNC(=O)[C@@H]1OP(=O)(OCOC(=O)C(C)(C)C)OCC1(C)C. The molecule has 1 saturated heterocycles. The lowest BCUT2D eigenvalue weighted by molar-refractivity contribution is -0.163.